The number of nitrogens with zero attached hydrogens (tertiary/aromatic N) is 1. The van der Waals surface area contributed by atoms with E-state index in [2.05, 4.69) is 153 Å². The third-order valence-electron chi connectivity index (χ3n) is 10.3. The van der Waals surface area contributed by atoms with Crippen LogP contribution in [0.1, 0.15) is 55.4 Å². The summed E-state index contributed by atoms with van der Waals surface area (Å²) in [7, 11) is 0. The molecule has 45 heavy (non-hydrogen) atoms. The summed E-state index contributed by atoms with van der Waals surface area (Å²) in [5.41, 5.74) is 13.9. The van der Waals surface area contributed by atoms with E-state index in [1.165, 1.54) is 73.8 Å². The van der Waals surface area contributed by atoms with Gasteiger partial charge in [0.05, 0.1) is 0 Å². The monoisotopic (exact) mass is 697 g/mol. The van der Waals surface area contributed by atoms with Crippen molar-refractivity contribution in [3.8, 4) is 33.5 Å². The average molecular weight is 698 g/mol. The minimum atomic E-state index is 0.0502. The molecule has 5 aromatic carbocycles. The van der Waals surface area contributed by atoms with E-state index >= 15 is 0 Å². The van der Waals surface area contributed by atoms with E-state index in [9.17, 15) is 0 Å². The number of halogens is 1. The fourth-order valence-electron chi connectivity index (χ4n) is 7.91. The fraction of sp³-hybridized carbons (Fsp3) is 0.233. The predicted molar refractivity (Wildman–Crippen MR) is 184 cm³/mol. The van der Waals surface area contributed by atoms with Gasteiger partial charge in [0.15, 0.2) is 0 Å². The van der Waals surface area contributed by atoms with Crippen molar-refractivity contribution in [2.24, 2.45) is 0 Å². The number of hydrogen-bond acceptors (Lipinski definition) is 0. The molecule has 1 saturated heterocycles. The number of benzene rings is 5. The molecule has 1 fully saturated rings. The Bertz CT molecular complexity index is 2050. The van der Waals surface area contributed by atoms with Crippen LogP contribution in [0.2, 0.25) is 0 Å². The van der Waals surface area contributed by atoms with Crippen LogP contribution in [0.15, 0.2) is 128 Å². The van der Waals surface area contributed by atoms with Crippen LogP contribution >= 0.6 is 0 Å². The molecule has 2 atom stereocenters. The van der Waals surface area contributed by atoms with Crippen molar-refractivity contribution in [3.63, 3.8) is 0 Å². The van der Waals surface area contributed by atoms with Gasteiger partial charge in [-0.15, -0.1) is 0 Å². The molecule has 0 radical (unpaired) electrons. The molecule has 1 unspecified atom stereocenters. The van der Waals surface area contributed by atoms with Gasteiger partial charge in [-0.2, -0.15) is 0 Å². The Balaban J connectivity index is 1.01. The molecule has 2 aliphatic rings. The van der Waals surface area contributed by atoms with Gasteiger partial charge < -0.3 is 0 Å². The van der Waals surface area contributed by atoms with Gasteiger partial charge in [0.2, 0.25) is 0 Å². The van der Waals surface area contributed by atoms with Crippen LogP contribution in [-0.4, -0.2) is 0 Å². The first-order valence-electron chi connectivity index (χ1n) is 16.6. The molecule has 1 aromatic heterocycles. The summed E-state index contributed by atoms with van der Waals surface area (Å²) in [6, 6.07) is 45.8. The fourth-order valence-corrected chi connectivity index (χ4v) is 12.8. The molecule has 0 N–H and O–H groups in total. The number of rotatable bonds is 8. The van der Waals surface area contributed by atoms with Gasteiger partial charge in [-0.1, -0.05) is 66.7 Å². The van der Waals surface area contributed by atoms with E-state index in [0.717, 1.165) is 19.3 Å². The number of aromatic nitrogens is 1. The molecule has 3 heterocycles. The third-order valence-corrected chi connectivity index (χ3v) is 16.0. The first kappa shape index (κ1) is 28.7. The normalized spacial score (nSPS) is 19.7. The van der Waals surface area contributed by atoms with Crippen molar-refractivity contribution in [3.05, 3.63) is 150 Å². The van der Waals surface area contributed by atoms with Crippen LogP contribution in [0, 0.1) is 6.92 Å². The van der Waals surface area contributed by atoms with E-state index < -0.39 is 0 Å². The van der Waals surface area contributed by atoms with Crippen molar-refractivity contribution in [1.82, 2.24) is 0 Å². The molecular weight excluding hydrogens is 657 g/mol. The maximum atomic E-state index is 2.69. The van der Waals surface area contributed by atoms with Gasteiger partial charge in [-0.25, -0.2) is 0 Å². The molecule has 6 aromatic rings. The zero-order valence-corrected chi connectivity index (χ0v) is 28.6. The Kier molecular flexibility index (Phi) is 7.17. The molecule has 1 nitrogen and oxygen atoms in total. The Morgan fingerprint density at radius 1 is 0.622 bits per heavy atom. The van der Waals surface area contributed by atoms with Gasteiger partial charge in [0.1, 0.15) is 0 Å². The first-order valence-corrected chi connectivity index (χ1v) is 18.7. The van der Waals surface area contributed by atoms with Crippen LogP contribution in [0.25, 0.3) is 44.3 Å². The Morgan fingerprint density at radius 2 is 1.38 bits per heavy atom. The number of hydrogen-bond donors (Lipinski definition) is 0. The standard InChI is InChI=1S/C43H40IN/c1-4-42-40-25-24-36(28-39(40)41-26-19-30(3)29-45(41)43(42,5-2)44-42)35-16-9-13-32(27-35)12-8-11-31-20-22-34(23-21-31)38-18-10-15-33-14-6-7-17-37(33)38/h6-7,9-10,13-29H,4-5,8,11-12H2,1-3H3/t42?,43-/m1/s1. The molecule has 2 aliphatic heterocycles. The number of pyridine rings is 1. The average Bonchev–Trinajstić information content (AvgIpc) is 3.80. The maximum absolute atomic E-state index is 2.69. The molecule has 0 saturated carbocycles. The van der Waals surface area contributed by atoms with Crippen molar-refractivity contribution < 1.29 is 25.8 Å². The molecule has 0 spiro atoms. The Morgan fingerprint density at radius 3 is 2.22 bits per heavy atom. The first-order chi connectivity index (χ1) is 22.0. The van der Waals surface area contributed by atoms with E-state index in [1.54, 1.807) is 5.56 Å². The second-order valence-corrected chi connectivity index (χ2v) is 17.0. The molecule has 224 valence electrons. The van der Waals surface area contributed by atoms with Crippen LogP contribution < -0.4 is 25.8 Å². The second kappa shape index (κ2) is 11.2. The van der Waals surface area contributed by atoms with Crippen molar-refractivity contribution >= 4 is 10.8 Å². The van der Waals surface area contributed by atoms with E-state index in [1.807, 2.05) is 0 Å². The number of alkyl halides is 2. The van der Waals surface area contributed by atoms with Crippen LogP contribution in [0.3, 0.4) is 0 Å². The molecule has 2 heteroatoms. The predicted octanol–water partition coefficient (Wildman–Crippen LogP) is 7.40. The summed E-state index contributed by atoms with van der Waals surface area (Å²) in [6.45, 7) is 7.06. The van der Waals surface area contributed by atoms with E-state index in [-0.39, 0.29) is 21.2 Å². The third kappa shape index (κ3) is 4.67. The topological polar surface area (TPSA) is 3.88 Å². The summed E-state index contributed by atoms with van der Waals surface area (Å²) in [6.07, 6.45) is 8.22. The SMILES string of the molecule is CCC12[I-][C@]1(CC)[n+]1cc(C)ccc1-c1cc(-c3cccc(CCCc4ccc(-c5cccc6ccccc56)cc4)c3)ccc12. The van der Waals surface area contributed by atoms with Crippen LogP contribution in [0.4, 0.5) is 0 Å². The number of aryl methyl sites for hydroxylation is 3. The van der Waals surface area contributed by atoms with Crippen molar-refractivity contribution in [2.75, 3.05) is 0 Å². The van der Waals surface area contributed by atoms with Crippen LogP contribution in [-0.2, 0) is 19.8 Å². The van der Waals surface area contributed by atoms with Gasteiger partial charge in [0.25, 0.3) is 0 Å². The summed E-state index contributed by atoms with van der Waals surface area (Å²) < 4.78 is 3.40. The molecule has 0 bridgehead atoms. The second-order valence-electron chi connectivity index (χ2n) is 12.9. The van der Waals surface area contributed by atoms with Crippen LogP contribution in [0.5, 0.6) is 0 Å². The van der Waals surface area contributed by atoms with E-state index in [4.69, 9.17) is 0 Å². The Hall–Kier alpha value is -3.76. The van der Waals surface area contributed by atoms with Gasteiger partial charge in [-0.3, -0.25) is 0 Å². The Labute approximate surface area is 278 Å². The zero-order chi connectivity index (χ0) is 30.6. The van der Waals surface area contributed by atoms with Gasteiger partial charge in [0, 0.05) is 0 Å². The molecule has 0 amide bonds. The quantitative estimate of drug-likeness (QED) is 0.0888. The summed E-state index contributed by atoms with van der Waals surface area (Å²) in [5, 5.41) is 2.61. The van der Waals surface area contributed by atoms with Crippen molar-refractivity contribution in [1.29, 1.82) is 0 Å². The molecule has 0 aliphatic carbocycles. The summed E-state index contributed by atoms with van der Waals surface area (Å²) in [5.74, 6) is 0. The zero-order valence-electron chi connectivity index (χ0n) is 26.5. The minimum absolute atomic E-state index is 0.0502. The molecular formula is C43H40IN. The molecule has 8 rings (SSSR count). The van der Waals surface area contributed by atoms with E-state index in [0.29, 0.717) is 6.97 Å². The van der Waals surface area contributed by atoms with Crippen molar-refractivity contribution in [2.45, 2.75) is 59.8 Å². The van der Waals surface area contributed by atoms with Gasteiger partial charge in [-0.05, 0) is 21.9 Å². The summed E-state index contributed by atoms with van der Waals surface area (Å²) in [4.78, 5) is 0. The summed E-state index contributed by atoms with van der Waals surface area (Å²) >= 11 is 0.0502. The van der Waals surface area contributed by atoms with Gasteiger partial charge >= 0.3 is 191 Å². The number of fused-ring (bicyclic) bond motifs is 7.